The molecule has 1 saturated heterocycles. The molecule has 0 radical (unpaired) electrons. The quantitative estimate of drug-likeness (QED) is 0.714. The van der Waals surface area contributed by atoms with Crippen LogP contribution in [0.5, 0.6) is 0 Å². The molecule has 0 amide bonds. The van der Waals surface area contributed by atoms with Gasteiger partial charge >= 0.3 is 6.18 Å². The molecular formula is C9H16F3NO. The lowest BCUT2D eigenvalue weighted by molar-refractivity contribution is -0.263. The van der Waals surface area contributed by atoms with E-state index in [9.17, 15) is 18.3 Å². The van der Waals surface area contributed by atoms with E-state index in [1.165, 1.54) is 0 Å². The van der Waals surface area contributed by atoms with E-state index >= 15 is 0 Å². The molecule has 0 aliphatic carbocycles. The summed E-state index contributed by atoms with van der Waals surface area (Å²) in [5.74, 6) is 0. The molecule has 0 aromatic heterocycles. The molecule has 1 atom stereocenters. The summed E-state index contributed by atoms with van der Waals surface area (Å²) in [6.07, 6.45) is -4.46. The van der Waals surface area contributed by atoms with E-state index in [1.807, 2.05) is 11.8 Å². The molecule has 0 aromatic carbocycles. The van der Waals surface area contributed by atoms with Crippen molar-refractivity contribution >= 4 is 0 Å². The predicted octanol–water partition coefficient (Wildman–Crippen LogP) is 1.79. The van der Waals surface area contributed by atoms with Crippen molar-refractivity contribution in [3.05, 3.63) is 0 Å². The number of hydrogen-bond donors (Lipinski definition) is 1. The number of nitrogens with zero attached hydrogens (tertiary/aromatic N) is 1. The summed E-state index contributed by atoms with van der Waals surface area (Å²) < 4.78 is 37.4. The van der Waals surface area contributed by atoms with E-state index in [2.05, 4.69) is 0 Å². The van der Waals surface area contributed by atoms with Gasteiger partial charge in [0, 0.05) is 6.54 Å². The van der Waals surface area contributed by atoms with Gasteiger partial charge in [-0.15, -0.1) is 0 Å². The molecule has 1 fully saturated rings. The van der Waals surface area contributed by atoms with Gasteiger partial charge in [0.1, 0.15) is 0 Å². The van der Waals surface area contributed by atoms with Gasteiger partial charge in [-0.25, -0.2) is 0 Å². The first kappa shape index (κ1) is 11.8. The van der Waals surface area contributed by atoms with Crippen LogP contribution >= 0.6 is 0 Å². The van der Waals surface area contributed by atoms with Gasteiger partial charge in [-0.1, -0.05) is 6.92 Å². The van der Waals surface area contributed by atoms with Gasteiger partial charge in [-0.2, -0.15) is 13.2 Å². The van der Waals surface area contributed by atoms with E-state index in [0.717, 1.165) is 6.54 Å². The van der Waals surface area contributed by atoms with E-state index in [0.29, 0.717) is 19.5 Å². The van der Waals surface area contributed by atoms with Crippen LogP contribution in [-0.4, -0.2) is 41.4 Å². The van der Waals surface area contributed by atoms with Gasteiger partial charge in [-0.3, -0.25) is 0 Å². The van der Waals surface area contributed by atoms with Crippen LogP contribution in [0.3, 0.4) is 0 Å². The summed E-state index contributed by atoms with van der Waals surface area (Å²) in [4.78, 5) is 1.93. The van der Waals surface area contributed by atoms with Gasteiger partial charge in [0.05, 0.1) is 0 Å². The first-order valence-corrected chi connectivity index (χ1v) is 4.90. The molecule has 1 aliphatic heterocycles. The highest BCUT2D eigenvalue weighted by molar-refractivity contribution is 4.89. The number of rotatable bonds is 1. The van der Waals surface area contributed by atoms with Crippen molar-refractivity contribution in [2.45, 2.75) is 38.0 Å². The van der Waals surface area contributed by atoms with Crippen molar-refractivity contribution in [1.82, 2.24) is 4.90 Å². The zero-order valence-electron chi connectivity index (χ0n) is 8.27. The van der Waals surface area contributed by atoms with Crippen molar-refractivity contribution in [3.8, 4) is 0 Å². The second-order valence-electron chi connectivity index (χ2n) is 3.82. The number of alkyl halides is 3. The molecule has 1 aliphatic rings. The zero-order chi connectivity index (χ0) is 10.8. The summed E-state index contributed by atoms with van der Waals surface area (Å²) in [5.41, 5.74) is -2.46. The molecule has 0 saturated carbocycles. The van der Waals surface area contributed by atoms with Crippen molar-refractivity contribution in [1.29, 1.82) is 0 Å². The van der Waals surface area contributed by atoms with Crippen LogP contribution in [0.2, 0.25) is 0 Å². The van der Waals surface area contributed by atoms with Crippen LogP contribution in [0.15, 0.2) is 0 Å². The maximum Gasteiger partial charge on any atom is 0.417 e. The topological polar surface area (TPSA) is 23.5 Å². The van der Waals surface area contributed by atoms with Crippen molar-refractivity contribution in [2.75, 3.05) is 19.6 Å². The van der Waals surface area contributed by atoms with Gasteiger partial charge < -0.3 is 10.0 Å². The molecule has 1 heterocycles. The third-order valence-corrected chi connectivity index (χ3v) is 2.88. The number of likely N-dealkylation sites (tertiary alicyclic amines) is 1. The second kappa shape index (κ2) is 4.06. The standard InChI is InChI=1S/C9H16F3NO/c1-2-13-6-3-4-8(14,5-7-13)9(10,11)12/h14H,2-7H2,1H3. The number of hydrogen-bond acceptors (Lipinski definition) is 2. The molecule has 0 spiro atoms. The second-order valence-corrected chi connectivity index (χ2v) is 3.82. The van der Waals surface area contributed by atoms with Crippen LogP contribution in [-0.2, 0) is 0 Å². The largest absolute Gasteiger partial charge is 0.417 e. The average molecular weight is 211 g/mol. The minimum absolute atomic E-state index is 0.174. The maximum absolute atomic E-state index is 12.5. The minimum Gasteiger partial charge on any atom is -0.380 e. The molecule has 1 unspecified atom stereocenters. The highest BCUT2D eigenvalue weighted by Gasteiger charge is 2.53. The van der Waals surface area contributed by atoms with Crippen LogP contribution in [0, 0.1) is 0 Å². The SMILES string of the molecule is CCN1CCCC(O)(C(F)(F)F)CC1. The Morgan fingerprint density at radius 1 is 1.29 bits per heavy atom. The van der Waals surface area contributed by atoms with Crippen LogP contribution in [0.4, 0.5) is 13.2 Å². The van der Waals surface area contributed by atoms with E-state index in [4.69, 9.17) is 0 Å². The molecule has 5 heteroatoms. The Morgan fingerprint density at radius 2 is 1.93 bits per heavy atom. The van der Waals surface area contributed by atoms with Crippen molar-refractivity contribution < 1.29 is 18.3 Å². The molecule has 1 N–H and O–H groups in total. The summed E-state index contributed by atoms with van der Waals surface area (Å²) in [6.45, 7) is 3.63. The summed E-state index contributed by atoms with van der Waals surface area (Å²) in [5, 5.41) is 9.45. The Balaban J connectivity index is 2.65. The van der Waals surface area contributed by atoms with Gasteiger partial charge in [0.25, 0.3) is 0 Å². The maximum atomic E-state index is 12.5. The van der Waals surface area contributed by atoms with E-state index < -0.39 is 11.8 Å². The predicted molar refractivity (Wildman–Crippen MR) is 47.0 cm³/mol. The number of halogens is 3. The Hall–Kier alpha value is -0.290. The zero-order valence-corrected chi connectivity index (χ0v) is 8.27. The lowest BCUT2D eigenvalue weighted by atomic mass is 9.94. The highest BCUT2D eigenvalue weighted by atomic mass is 19.4. The summed E-state index contributed by atoms with van der Waals surface area (Å²) in [7, 11) is 0. The molecule has 0 aromatic rings. The van der Waals surface area contributed by atoms with Crippen LogP contribution in [0.25, 0.3) is 0 Å². The Kier molecular flexibility index (Phi) is 3.42. The Labute approximate surface area is 81.7 Å². The molecule has 0 bridgehead atoms. The van der Waals surface area contributed by atoms with Gasteiger partial charge in [0.2, 0.25) is 0 Å². The Bertz CT molecular complexity index is 195. The van der Waals surface area contributed by atoms with Crippen molar-refractivity contribution in [2.24, 2.45) is 0 Å². The normalized spacial score (nSPS) is 31.5. The molecular weight excluding hydrogens is 195 g/mol. The third-order valence-electron chi connectivity index (χ3n) is 2.88. The molecule has 1 rings (SSSR count). The third kappa shape index (κ3) is 2.39. The highest BCUT2D eigenvalue weighted by Crippen LogP contribution is 2.38. The molecule has 14 heavy (non-hydrogen) atoms. The Morgan fingerprint density at radius 3 is 2.43 bits per heavy atom. The lowest BCUT2D eigenvalue weighted by Gasteiger charge is -2.29. The first-order valence-electron chi connectivity index (χ1n) is 4.90. The lowest BCUT2D eigenvalue weighted by Crippen LogP contribution is -2.45. The van der Waals surface area contributed by atoms with Crippen LogP contribution < -0.4 is 0 Å². The number of aliphatic hydroxyl groups is 1. The fourth-order valence-electron chi connectivity index (χ4n) is 1.77. The monoisotopic (exact) mass is 211 g/mol. The van der Waals surface area contributed by atoms with E-state index in [-0.39, 0.29) is 12.8 Å². The molecule has 2 nitrogen and oxygen atoms in total. The summed E-state index contributed by atoms with van der Waals surface area (Å²) >= 11 is 0. The smallest absolute Gasteiger partial charge is 0.380 e. The van der Waals surface area contributed by atoms with Gasteiger partial charge in [-0.05, 0) is 32.4 Å². The fraction of sp³-hybridized carbons (Fsp3) is 1.00. The molecule has 84 valence electrons. The van der Waals surface area contributed by atoms with Crippen molar-refractivity contribution in [3.63, 3.8) is 0 Å². The average Bonchev–Trinajstić information content (AvgIpc) is 2.27. The summed E-state index contributed by atoms with van der Waals surface area (Å²) in [6, 6.07) is 0. The fourth-order valence-corrected chi connectivity index (χ4v) is 1.77. The van der Waals surface area contributed by atoms with Gasteiger partial charge in [0.15, 0.2) is 5.60 Å². The minimum atomic E-state index is -4.49. The van der Waals surface area contributed by atoms with Crippen LogP contribution in [0.1, 0.15) is 26.2 Å². The first-order chi connectivity index (χ1) is 6.39. The van der Waals surface area contributed by atoms with E-state index in [1.54, 1.807) is 0 Å².